The summed E-state index contributed by atoms with van der Waals surface area (Å²) < 4.78 is 0. The summed E-state index contributed by atoms with van der Waals surface area (Å²) in [5.41, 5.74) is 6.73. The van der Waals surface area contributed by atoms with Gasteiger partial charge in [0.2, 0.25) is 5.91 Å². The number of carbonyl (C=O) groups is 1. The molecule has 0 aliphatic heterocycles. The summed E-state index contributed by atoms with van der Waals surface area (Å²) in [7, 11) is 1.88. The van der Waals surface area contributed by atoms with Gasteiger partial charge in [-0.05, 0) is 55.7 Å². The molecule has 3 aromatic heterocycles. The normalized spacial score (nSPS) is 16.0. The number of para-hydroxylation sites is 1. The minimum Gasteiger partial charge on any atom is -0.373 e. The molecule has 1 saturated carbocycles. The topological polar surface area (TPSA) is 111 Å². The molecule has 1 atom stereocenters. The number of H-pyrrole nitrogens is 2. The Morgan fingerprint density at radius 3 is 2.89 bits per heavy atom. The number of aromatic nitrogens is 5. The number of aryl methyl sites for hydroxylation is 2. The Bertz CT molecular complexity index is 1380. The second-order valence-electron chi connectivity index (χ2n) is 10.1. The predicted molar refractivity (Wildman–Crippen MR) is 140 cm³/mol. The van der Waals surface area contributed by atoms with Crippen LogP contribution in [0.5, 0.6) is 0 Å². The van der Waals surface area contributed by atoms with E-state index in [4.69, 9.17) is 4.98 Å². The largest absolute Gasteiger partial charge is 0.373 e. The van der Waals surface area contributed by atoms with Gasteiger partial charge < -0.3 is 15.6 Å². The van der Waals surface area contributed by atoms with Crippen LogP contribution in [0.3, 0.4) is 0 Å². The number of rotatable bonds is 9. The minimum absolute atomic E-state index is 0.0185. The van der Waals surface area contributed by atoms with Gasteiger partial charge in [-0.15, -0.1) is 0 Å². The van der Waals surface area contributed by atoms with Gasteiger partial charge in [0.15, 0.2) is 0 Å². The number of nitrogens with one attached hydrogen (secondary N) is 4. The van der Waals surface area contributed by atoms with Crippen LogP contribution < -0.4 is 10.6 Å². The molecule has 4 N–H and O–H groups in total. The van der Waals surface area contributed by atoms with Crippen LogP contribution in [-0.4, -0.2) is 38.1 Å². The lowest BCUT2D eigenvalue weighted by molar-refractivity contribution is -0.121. The van der Waals surface area contributed by atoms with Gasteiger partial charge in [0.05, 0.1) is 17.4 Å². The minimum atomic E-state index is -0.252. The number of amides is 1. The summed E-state index contributed by atoms with van der Waals surface area (Å²) >= 11 is 0. The summed E-state index contributed by atoms with van der Waals surface area (Å²) in [6, 6.07) is 9.99. The molecule has 0 radical (unpaired) electrons. The van der Waals surface area contributed by atoms with Gasteiger partial charge in [-0.2, -0.15) is 5.10 Å². The molecule has 186 valence electrons. The first-order valence-corrected chi connectivity index (χ1v) is 13.1. The molecule has 8 nitrogen and oxygen atoms in total. The van der Waals surface area contributed by atoms with Crippen LogP contribution in [0.1, 0.15) is 78.1 Å². The van der Waals surface area contributed by atoms with Crippen LogP contribution in [0.4, 0.5) is 5.82 Å². The van der Waals surface area contributed by atoms with E-state index in [0.717, 1.165) is 59.8 Å². The standard InChI is InChI=1S/C28H33N7O/c1-29-26-15-25(32-28(33-26)17-10-11-17)24(14-18-16-30-21-8-4-2-6-19(18)21)31-27(36)13-12-23-20-7-3-5-9-22(20)34-35-23/h2,4,6,8,15-17,24,30H,3,5,7,9-14H2,1H3,(H,31,36)(H,34,35)(H,29,32,33). The first kappa shape index (κ1) is 22.8. The smallest absolute Gasteiger partial charge is 0.220 e. The third kappa shape index (κ3) is 4.72. The molecule has 3 heterocycles. The van der Waals surface area contributed by atoms with Gasteiger partial charge in [-0.1, -0.05) is 18.2 Å². The van der Waals surface area contributed by atoms with Crippen molar-refractivity contribution in [3.8, 4) is 0 Å². The quantitative estimate of drug-likeness (QED) is 0.280. The molecule has 36 heavy (non-hydrogen) atoms. The lowest BCUT2D eigenvalue weighted by Gasteiger charge is -2.20. The molecule has 2 aliphatic rings. The Hall–Kier alpha value is -3.68. The molecular formula is C28H33N7O. The number of carbonyl (C=O) groups excluding carboxylic acids is 1. The Labute approximate surface area is 210 Å². The van der Waals surface area contributed by atoms with E-state index in [0.29, 0.717) is 25.2 Å². The molecule has 2 aliphatic carbocycles. The van der Waals surface area contributed by atoms with Crippen molar-refractivity contribution in [3.63, 3.8) is 0 Å². The van der Waals surface area contributed by atoms with Crippen molar-refractivity contribution in [3.05, 3.63) is 70.6 Å². The Morgan fingerprint density at radius 2 is 2.03 bits per heavy atom. The van der Waals surface area contributed by atoms with Crippen molar-refractivity contribution in [1.82, 2.24) is 30.5 Å². The Balaban J connectivity index is 1.25. The average molecular weight is 484 g/mol. The van der Waals surface area contributed by atoms with Crippen LogP contribution in [0.2, 0.25) is 0 Å². The second-order valence-corrected chi connectivity index (χ2v) is 10.1. The van der Waals surface area contributed by atoms with Gasteiger partial charge in [0.1, 0.15) is 11.6 Å². The van der Waals surface area contributed by atoms with Crippen molar-refractivity contribution in [2.75, 3.05) is 12.4 Å². The van der Waals surface area contributed by atoms with Crippen LogP contribution in [0.25, 0.3) is 10.9 Å². The van der Waals surface area contributed by atoms with Crippen molar-refractivity contribution >= 4 is 22.6 Å². The number of hydrogen-bond donors (Lipinski definition) is 4. The molecule has 1 amide bonds. The van der Waals surface area contributed by atoms with Crippen molar-refractivity contribution in [1.29, 1.82) is 0 Å². The summed E-state index contributed by atoms with van der Waals surface area (Å²) in [6.07, 6.45) is 10.5. The zero-order chi connectivity index (χ0) is 24.5. The van der Waals surface area contributed by atoms with E-state index in [-0.39, 0.29) is 11.9 Å². The van der Waals surface area contributed by atoms with Gasteiger partial charge >= 0.3 is 0 Å². The van der Waals surface area contributed by atoms with Crippen LogP contribution in [0.15, 0.2) is 36.5 Å². The SMILES string of the molecule is CNc1cc(C(Cc2c[nH]c3ccccc23)NC(=O)CCc2n[nH]c3c2CCCC3)nc(C2CC2)n1. The Kier molecular flexibility index (Phi) is 6.17. The molecule has 6 rings (SSSR count). The van der Waals surface area contributed by atoms with Crippen molar-refractivity contribution in [2.24, 2.45) is 0 Å². The third-order valence-electron chi connectivity index (χ3n) is 7.48. The average Bonchev–Trinajstić information content (AvgIpc) is 3.57. The lowest BCUT2D eigenvalue weighted by Crippen LogP contribution is -2.31. The van der Waals surface area contributed by atoms with E-state index in [1.165, 1.54) is 29.5 Å². The van der Waals surface area contributed by atoms with Crippen LogP contribution in [-0.2, 0) is 30.5 Å². The van der Waals surface area contributed by atoms with E-state index >= 15 is 0 Å². The number of fused-ring (bicyclic) bond motifs is 2. The zero-order valence-corrected chi connectivity index (χ0v) is 20.7. The summed E-state index contributed by atoms with van der Waals surface area (Å²) in [6.45, 7) is 0. The second kappa shape index (κ2) is 9.76. The van der Waals surface area contributed by atoms with Crippen LogP contribution in [0, 0.1) is 0 Å². The fourth-order valence-corrected chi connectivity index (χ4v) is 5.32. The Morgan fingerprint density at radius 1 is 1.17 bits per heavy atom. The molecule has 0 bridgehead atoms. The summed E-state index contributed by atoms with van der Waals surface area (Å²) in [4.78, 5) is 26.2. The number of benzene rings is 1. The van der Waals surface area contributed by atoms with E-state index in [2.05, 4.69) is 42.9 Å². The van der Waals surface area contributed by atoms with E-state index in [1.807, 2.05) is 31.4 Å². The van der Waals surface area contributed by atoms with E-state index in [9.17, 15) is 4.79 Å². The summed E-state index contributed by atoms with van der Waals surface area (Å²) in [5.74, 6) is 2.11. The highest BCUT2D eigenvalue weighted by molar-refractivity contribution is 5.83. The molecule has 1 unspecified atom stereocenters. The number of aromatic amines is 2. The molecule has 1 aromatic carbocycles. The number of nitrogens with zero attached hydrogens (tertiary/aromatic N) is 3. The van der Waals surface area contributed by atoms with Crippen LogP contribution >= 0.6 is 0 Å². The predicted octanol–water partition coefficient (Wildman–Crippen LogP) is 4.51. The van der Waals surface area contributed by atoms with E-state index < -0.39 is 0 Å². The fourth-order valence-electron chi connectivity index (χ4n) is 5.32. The van der Waals surface area contributed by atoms with Crippen molar-refractivity contribution in [2.45, 2.75) is 69.7 Å². The van der Waals surface area contributed by atoms with Crippen molar-refractivity contribution < 1.29 is 4.79 Å². The molecule has 4 aromatic rings. The summed E-state index contributed by atoms with van der Waals surface area (Å²) in [5, 5.41) is 15.4. The first-order valence-electron chi connectivity index (χ1n) is 13.1. The highest BCUT2D eigenvalue weighted by Gasteiger charge is 2.29. The monoisotopic (exact) mass is 483 g/mol. The van der Waals surface area contributed by atoms with Gasteiger partial charge in [-0.25, -0.2) is 9.97 Å². The maximum absolute atomic E-state index is 13.3. The molecule has 8 heteroatoms. The zero-order valence-electron chi connectivity index (χ0n) is 20.7. The van der Waals surface area contributed by atoms with E-state index in [1.54, 1.807) is 0 Å². The molecular weight excluding hydrogens is 450 g/mol. The van der Waals surface area contributed by atoms with Gasteiger partial charge in [0, 0.05) is 61.1 Å². The number of anilines is 1. The fraction of sp³-hybridized carbons (Fsp3) is 0.429. The highest BCUT2D eigenvalue weighted by Crippen LogP contribution is 2.39. The molecule has 1 fully saturated rings. The highest BCUT2D eigenvalue weighted by atomic mass is 16.1. The lowest BCUT2D eigenvalue weighted by atomic mass is 9.94. The maximum Gasteiger partial charge on any atom is 0.220 e. The molecule has 0 saturated heterocycles. The molecule has 0 spiro atoms. The van der Waals surface area contributed by atoms with Gasteiger partial charge in [-0.3, -0.25) is 9.89 Å². The third-order valence-corrected chi connectivity index (χ3v) is 7.48. The number of hydrogen-bond acceptors (Lipinski definition) is 5. The maximum atomic E-state index is 13.3. The van der Waals surface area contributed by atoms with Gasteiger partial charge in [0.25, 0.3) is 0 Å². The first-order chi connectivity index (χ1) is 17.7.